The van der Waals surface area contributed by atoms with E-state index in [0.717, 1.165) is 10.1 Å². The van der Waals surface area contributed by atoms with Crippen LogP contribution in [0.2, 0.25) is 0 Å². The molecule has 2 heterocycles. The van der Waals surface area contributed by atoms with Crippen LogP contribution in [-0.2, 0) is 24.9 Å². The normalized spacial score (nSPS) is 17.1. The average Bonchev–Trinajstić information content (AvgIpc) is 3.27. The van der Waals surface area contributed by atoms with Gasteiger partial charge in [0.25, 0.3) is 11.5 Å². The Hall–Kier alpha value is -4.21. The van der Waals surface area contributed by atoms with E-state index in [-0.39, 0.29) is 24.9 Å². The number of hydrogen-bond donors (Lipinski definition) is 2. The molecule has 1 aliphatic rings. The predicted octanol–water partition coefficient (Wildman–Crippen LogP) is 3.27. The van der Waals surface area contributed by atoms with Gasteiger partial charge in [0, 0.05) is 20.1 Å². The lowest BCUT2D eigenvalue weighted by molar-refractivity contribution is 0.0864. The Kier molecular flexibility index (Phi) is 7.33. The maximum absolute atomic E-state index is 13.1. The molecule has 2 N–H and O–H groups in total. The molecule has 1 saturated heterocycles. The summed E-state index contributed by atoms with van der Waals surface area (Å²) < 4.78 is 19.8. The summed E-state index contributed by atoms with van der Waals surface area (Å²) in [6, 6.07) is 14.2. The molecule has 2 amide bonds. The lowest BCUT2D eigenvalue weighted by Gasteiger charge is -2.27. The number of benzene rings is 2. The van der Waals surface area contributed by atoms with Crippen molar-refractivity contribution in [3.63, 3.8) is 0 Å². The van der Waals surface area contributed by atoms with E-state index in [1.807, 2.05) is 37.3 Å². The number of nitrogens with one attached hydrogen (secondary N) is 1. The largest absolute Gasteiger partial charge is 0.501 e. The van der Waals surface area contributed by atoms with Crippen LogP contribution in [0.3, 0.4) is 0 Å². The van der Waals surface area contributed by atoms with Gasteiger partial charge in [-0.25, -0.2) is 14.2 Å². The molecule has 1 aromatic heterocycles. The molecule has 1 unspecified atom stereocenters. The SMILES string of the molecule is CC1CCN(C(=O)OCc2ccccc2)[C@@H]1c1nc(C(=O)NCc2ccc(F)cc2)c(O)c(=O)n1C. The van der Waals surface area contributed by atoms with E-state index < -0.39 is 40.9 Å². The Balaban J connectivity index is 1.57. The van der Waals surface area contributed by atoms with Crippen molar-refractivity contribution >= 4 is 12.0 Å². The number of carbonyl (C=O) groups is 2. The molecule has 0 spiro atoms. The summed E-state index contributed by atoms with van der Waals surface area (Å²) in [4.78, 5) is 44.4. The van der Waals surface area contributed by atoms with Gasteiger partial charge in [0.1, 0.15) is 18.2 Å². The highest BCUT2D eigenvalue weighted by Crippen LogP contribution is 2.36. The smallest absolute Gasteiger partial charge is 0.410 e. The number of amides is 2. The standard InChI is InChI=1S/C26H27FN4O5/c1-16-12-13-31(26(35)36-15-18-6-4-3-5-7-18)21(16)23-29-20(22(32)25(34)30(23)2)24(33)28-14-17-8-10-19(27)11-9-17/h3-11,16,21,32H,12-15H2,1-2H3,(H,28,33)/t16?,21-/m0/s1. The van der Waals surface area contributed by atoms with E-state index in [1.165, 1.54) is 36.2 Å². The molecule has 1 aliphatic heterocycles. The first-order chi connectivity index (χ1) is 17.3. The van der Waals surface area contributed by atoms with Crippen molar-refractivity contribution in [1.82, 2.24) is 19.8 Å². The summed E-state index contributed by atoms with van der Waals surface area (Å²) >= 11 is 0. The number of carbonyl (C=O) groups excluding carboxylic acids is 2. The molecule has 0 bridgehead atoms. The summed E-state index contributed by atoms with van der Waals surface area (Å²) in [6.07, 6.45) is 0.0892. The minimum absolute atomic E-state index is 0.0442. The van der Waals surface area contributed by atoms with Gasteiger partial charge in [-0.2, -0.15) is 0 Å². The van der Waals surface area contributed by atoms with Gasteiger partial charge in [-0.05, 0) is 35.6 Å². The zero-order valence-corrected chi connectivity index (χ0v) is 20.0. The molecule has 36 heavy (non-hydrogen) atoms. The molecule has 188 valence electrons. The number of nitrogens with zero attached hydrogens (tertiary/aromatic N) is 3. The highest BCUT2D eigenvalue weighted by molar-refractivity contribution is 5.94. The van der Waals surface area contributed by atoms with Gasteiger partial charge < -0.3 is 15.2 Å². The van der Waals surface area contributed by atoms with Crippen molar-refractivity contribution in [3.8, 4) is 5.75 Å². The fraction of sp³-hybridized carbons (Fsp3) is 0.308. The molecule has 0 radical (unpaired) electrons. The predicted molar refractivity (Wildman–Crippen MR) is 129 cm³/mol. The Morgan fingerprint density at radius 3 is 2.53 bits per heavy atom. The van der Waals surface area contributed by atoms with E-state index >= 15 is 0 Å². The Morgan fingerprint density at radius 2 is 1.83 bits per heavy atom. The molecule has 1 fully saturated rings. The summed E-state index contributed by atoms with van der Waals surface area (Å²) in [5.41, 5.74) is 0.227. The number of likely N-dealkylation sites (tertiary alicyclic amines) is 1. The van der Waals surface area contributed by atoms with Gasteiger partial charge in [0.15, 0.2) is 5.69 Å². The third-order valence-electron chi connectivity index (χ3n) is 6.29. The van der Waals surface area contributed by atoms with Crippen LogP contribution in [0.4, 0.5) is 9.18 Å². The van der Waals surface area contributed by atoms with Gasteiger partial charge in [0.05, 0.1) is 6.04 Å². The maximum Gasteiger partial charge on any atom is 0.410 e. The van der Waals surface area contributed by atoms with Crippen LogP contribution in [-0.4, -0.2) is 38.1 Å². The number of aromatic hydroxyl groups is 1. The van der Waals surface area contributed by atoms with Crippen molar-refractivity contribution < 1.29 is 23.8 Å². The molecular weight excluding hydrogens is 467 g/mol. The number of halogens is 1. The van der Waals surface area contributed by atoms with Gasteiger partial charge >= 0.3 is 6.09 Å². The fourth-order valence-electron chi connectivity index (χ4n) is 4.25. The van der Waals surface area contributed by atoms with Crippen LogP contribution >= 0.6 is 0 Å². The molecule has 9 nitrogen and oxygen atoms in total. The molecule has 0 aliphatic carbocycles. The van der Waals surface area contributed by atoms with Crippen molar-refractivity contribution in [2.75, 3.05) is 6.54 Å². The van der Waals surface area contributed by atoms with Crippen molar-refractivity contribution in [3.05, 3.63) is 93.4 Å². The van der Waals surface area contributed by atoms with Crippen LogP contribution in [0.5, 0.6) is 5.75 Å². The average molecular weight is 495 g/mol. The maximum atomic E-state index is 13.1. The lowest BCUT2D eigenvalue weighted by Crippen LogP contribution is -2.38. The van der Waals surface area contributed by atoms with Gasteiger partial charge in [-0.15, -0.1) is 0 Å². The topological polar surface area (TPSA) is 114 Å². The quantitative estimate of drug-likeness (QED) is 0.544. The molecule has 2 atom stereocenters. The van der Waals surface area contributed by atoms with E-state index in [0.29, 0.717) is 18.5 Å². The second-order valence-electron chi connectivity index (χ2n) is 8.78. The van der Waals surface area contributed by atoms with Crippen LogP contribution in [0.1, 0.15) is 46.8 Å². The molecule has 0 saturated carbocycles. The van der Waals surface area contributed by atoms with Crippen LogP contribution in [0.15, 0.2) is 59.4 Å². The van der Waals surface area contributed by atoms with Crippen molar-refractivity contribution in [2.45, 2.75) is 32.5 Å². The fourth-order valence-corrected chi connectivity index (χ4v) is 4.25. The highest BCUT2D eigenvalue weighted by Gasteiger charge is 2.40. The molecule has 4 rings (SSSR count). The molecule has 2 aromatic carbocycles. The first kappa shape index (κ1) is 24.9. The van der Waals surface area contributed by atoms with Crippen molar-refractivity contribution in [1.29, 1.82) is 0 Å². The Morgan fingerprint density at radius 1 is 1.14 bits per heavy atom. The first-order valence-corrected chi connectivity index (χ1v) is 11.6. The van der Waals surface area contributed by atoms with Crippen LogP contribution in [0, 0.1) is 11.7 Å². The van der Waals surface area contributed by atoms with Crippen LogP contribution < -0.4 is 10.9 Å². The van der Waals surface area contributed by atoms with Gasteiger partial charge in [-0.1, -0.05) is 49.4 Å². The summed E-state index contributed by atoms with van der Waals surface area (Å²) in [7, 11) is 1.43. The third kappa shape index (κ3) is 5.22. The second kappa shape index (κ2) is 10.6. The van der Waals surface area contributed by atoms with E-state index in [9.17, 15) is 23.9 Å². The summed E-state index contributed by atoms with van der Waals surface area (Å²) in [5, 5.41) is 13.0. The number of aromatic nitrogens is 2. The van der Waals surface area contributed by atoms with E-state index in [2.05, 4.69) is 10.3 Å². The zero-order valence-electron chi connectivity index (χ0n) is 20.0. The monoisotopic (exact) mass is 494 g/mol. The molecule has 3 aromatic rings. The Bertz CT molecular complexity index is 1310. The summed E-state index contributed by atoms with van der Waals surface area (Å²) in [6.45, 7) is 2.45. The lowest BCUT2D eigenvalue weighted by atomic mass is 10.0. The van der Waals surface area contributed by atoms with Crippen molar-refractivity contribution in [2.24, 2.45) is 13.0 Å². The number of rotatable bonds is 6. The van der Waals surface area contributed by atoms with Crippen LogP contribution in [0.25, 0.3) is 0 Å². The number of hydrogen-bond acceptors (Lipinski definition) is 6. The molecular formula is C26H27FN4O5. The number of ether oxygens (including phenoxy) is 1. The Labute approximate surface area is 207 Å². The van der Waals surface area contributed by atoms with E-state index in [1.54, 1.807) is 0 Å². The minimum Gasteiger partial charge on any atom is -0.501 e. The van der Waals surface area contributed by atoms with Gasteiger partial charge in [-0.3, -0.25) is 19.1 Å². The first-order valence-electron chi connectivity index (χ1n) is 11.6. The second-order valence-corrected chi connectivity index (χ2v) is 8.78. The summed E-state index contributed by atoms with van der Waals surface area (Å²) in [5.74, 6) is -1.86. The minimum atomic E-state index is -0.802. The highest BCUT2D eigenvalue weighted by atomic mass is 19.1. The van der Waals surface area contributed by atoms with E-state index in [4.69, 9.17) is 4.74 Å². The molecule has 10 heteroatoms. The third-order valence-corrected chi connectivity index (χ3v) is 6.29. The van der Waals surface area contributed by atoms with Gasteiger partial charge in [0.2, 0.25) is 5.75 Å². The zero-order chi connectivity index (χ0) is 25.8.